The molecular weight excluding hydrogens is 885 g/mol. The summed E-state index contributed by atoms with van der Waals surface area (Å²) in [5.74, 6) is -1.59. The number of aromatic nitrogens is 4. The Bertz CT molecular complexity index is 2880. The minimum atomic E-state index is -1.10. The lowest BCUT2D eigenvalue weighted by Gasteiger charge is -2.35. The maximum atomic E-state index is 14.0. The number of fused-ring (bicyclic) bond motifs is 2. The first-order chi connectivity index (χ1) is 33.2. The van der Waals surface area contributed by atoms with Crippen LogP contribution in [-0.4, -0.2) is 134 Å². The van der Waals surface area contributed by atoms with E-state index >= 15 is 0 Å². The Kier molecular flexibility index (Phi) is 14.1. The summed E-state index contributed by atoms with van der Waals surface area (Å²) < 4.78 is 13.6. The largest absolute Gasteiger partial charge is 0.457 e. The van der Waals surface area contributed by atoms with Gasteiger partial charge in [-0.05, 0) is 94.8 Å². The van der Waals surface area contributed by atoms with Crippen LogP contribution in [0.3, 0.4) is 0 Å². The van der Waals surface area contributed by atoms with Gasteiger partial charge in [0.25, 0.3) is 17.7 Å². The number of nitriles is 1. The second-order valence-electron chi connectivity index (χ2n) is 17.5. The Balaban J connectivity index is 0.811. The molecule has 69 heavy (non-hydrogen) atoms. The lowest BCUT2D eigenvalue weighted by Crippen LogP contribution is -2.54. The van der Waals surface area contributed by atoms with Gasteiger partial charge in [0.15, 0.2) is 5.65 Å². The molecule has 2 fully saturated rings. The summed E-state index contributed by atoms with van der Waals surface area (Å²) in [5.41, 5.74) is 8.10. The van der Waals surface area contributed by atoms with Gasteiger partial charge in [-0.3, -0.25) is 43.9 Å². The van der Waals surface area contributed by atoms with Gasteiger partial charge < -0.3 is 30.7 Å². The molecule has 1 unspecified atom stereocenters. The fourth-order valence-corrected chi connectivity index (χ4v) is 8.63. The van der Waals surface area contributed by atoms with Crippen molar-refractivity contribution in [2.24, 2.45) is 0 Å². The van der Waals surface area contributed by atoms with Crippen molar-refractivity contribution in [3.8, 4) is 28.8 Å². The van der Waals surface area contributed by atoms with E-state index in [-0.39, 0.29) is 78.6 Å². The molecular formula is C49H52N12O8. The highest BCUT2D eigenvalue weighted by Gasteiger charge is 2.45. The van der Waals surface area contributed by atoms with Gasteiger partial charge in [-0.25, -0.2) is 14.6 Å². The molecule has 3 aromatic carbocycles. The number of nitrogens with two attached hydrogens (primary N) is 1. The molecule has 2 saturated heterocycles. The van der Waals surface area contributed by atoms with Crippen LogP contribution < -0.4 is 26.4 Å². The number of carbonyl (C=O) groups excluding carboxylic acids is 6. The van der Waals surface area contributed by atoms with Crippen molar-refractivity contribution >= 4 is 58.0 Å². The van der Waals surface area contributed by atoms with Gasteiger partial charge in [-0.1, -0.05) is 24.3 Å². The minimum absolute atomic E-state index is 0.00500. The molecule has 5 aromatic rings. The first kappa shape index (κ1) is 47.5. The third kappa shape index (κ3) is 10.3. The van der Waals surface area contributed by atoms with E-state index in [4.69, 9.17) is 20.3 Å². The summed E-state index contributed by atoms with van der Waals surface area (Å²) in [6.07, 6.45) is 4.52. The van der Waals surface area contributed by atoms with Gasteiger partial charge in [0.1, 0.15) is 47.0 Å². The molecule has 20 heteroatoms. The van der Waals surface area contributed by atoms with Crippen LogP contribution in [0.15, 0.2) is 90.8 Å². The maximum absolute atomic E-state index is 14.0. The van der Waals surface area contributed by atoms with E-state index in [1.807, 2.05) is 85.1 Å². The molecule has 0 aliphatic carbocycles. The number of carbonyl (C=O) groups is 6. The molecule has 2 atom stereocenters. The molecule has 5 heterocycles. The number of hydrogen-bond donors (Lipinski definition) is 4. The van der Waals surface area contributed by atoms with E-state index in [1.54, 1.807) is 23.1 Å². The number of benzene rings is 3. The molecule has 356 valence electrons. The summed E-state index contributed by atoms with van der Waals surface area (Å²) in [6.45, 7) is 5.51. The summed E-state index contributed by atoms with van der Waals surface area (Å²) >= 11 is 0. The fourth-order valence-electron chi connectivity index (χ4n) is 8.63. The normalized spacial score (nSPS) is 17.5. The van der Waals surface area contributed by atoms with Crippen molar-refractivity contribution in [3.63, 3.8) is 0 Å². The molecule has 3 aliphatic heterocycles. The van der Waals surface area contributed by atoms with E-state index < -0.39 is 35.2 Å². The van der Waals surface area contributed by atoms with E-state index in [2.05, 4.69) is 32.0 Å². The van der Waals surface area contributed by atoms with Crippen LogP contribution >= 0.6 is 0 Å². The van der Waals surface area contributed by atoms with E-state index in [9.17, 15) is 34.0 Å². The van der Waals surface area contributed by atoms with Crippen molar-refractivity contribution in [2.45, 2.75) is 57.2 Å². The Hall–Kier alpha value is -8.02. The van der Waals surface area contributed by atoms with Gasteiger partial charge in [0, 0.05) is 49.4 Å². The standard InChI is InChI=1S/C49H52N12O8/c1-49(2,58(3)22-24-68-23-20-52-39(63)27-53-36-13-7-12-35-40(36)48(67)60(47(35)66)37-18-19-38(62)56-45(37)64)25-31(26-50)46(65)59-21-8-9-32(28-59)61-44-41(43(51)54-29-55-44)42(57-61)30-14-16-34(17-15-30)69-33-10-5-4-6-11-33/h4-7,10-17,25,29,32,37,53H,8-9,18-24,27-28H2,1-3H3,(H,52,63)(H2,51,54,55)(H,56,62,64)/b31-25+/t32-,37?/m1/s1. The van der Waals surface area contributed by atoms with E-state index in [0.717, 1.165) is 22.6 Å². The molecule has 5 N–H and O–H groups in total. The second kappa shape index (κ2) is 20.5. The fraction of sp³-hybridized carbons (Fsp3) is 0.347. The number of nitrogens with zero attached hydrogens (tertiary/aromatic N) is 8. The topological polar surface area (TPSA) is 260 Å². The van der Waals surface area contributed by atoms with E-state index in [0.29, 0.717) is 55.1 Å². The number of likely N-dealkylation sites (N-methyl/N-ethyl adjacent to an activating group) is 1. The van der Waals surface area contributed by atoms with Crippen LogP contribution in [0, 0.1) is 11.3 Å². The van der Waals surface area contributed by atoms with Gasteiger partial charge in [0.05, 0.1) is 42.3 Å². The summed E-state index contributed by atoms with van der Waals surface area (Å²) in [6, 6.07) is 22.4. The number of likely N-dealkylation sites (tertiary alicyclic amines) is 1. The SMILES string of the molecule is CN(CCOCCNC(=O)CNc1cccc2c1C(=O)N(C1CCC(=O)NC1=O)C2=O)C(C)(C)/C=C(\C#N)C(=O)N1CCC[C@@H](n2nc(-c3ccc(Oc4ccccc4)cc3)c3c(N)ncnc32)C1. The Morgan fingerprint density at radius 1 is 0.986 bits per heavy atom. The first-order valence-electron chi connectivity index (χ1n) is 22.6. The summed E-state index contributed by atoms with van der Waals surface area (Å²) in [4.78, 5) is 90.6. The molecule has 0 saturated carbocycles. The van der Waals surface area contributed by atoms with Crippen molar-refractivity contribution in [1.29, 1.82) is 5.26 Å². The van der Waals surface area contributed by atoms with Crippen molar-refractivity contribution in [3.05, 3.63) is 102 Å². The van der Waals surface area contributed by atoms with Crippen LogP contribution in [0.2, 0.25) is 0 Å². The van der Waals surface area contributed by atoms with Gasteiger partial charge in [-0.15, -0.1) is 0 Å². The van der Waals surface area contributed by atoms with Crippen LogP contribution in [0.4, 0.5) is 11.5 Å². The third-order valence-electron chi connectivity index (χ3n) is 12.5. The van der Waals surface area contributed by atoms with Crippen LogP contribution in [0.5, 0.6) is 11.5 Å². The number of hydrogen-bond acceptors (Lipinski definition) is 15. The number of amides is 6. The van der Waals surface area contributed by atoms with E-state index in [1.165, 1.54) is 12.4 Å². The van der Waals surface area contributed by atoms with Gasteiger partial charge in [-0.2, -0.15) is 10.4 Å². The van der Waals surface area contributed by atoms with Gasteiger partial charge in [0.2, 0.25) is 17.7 Å². The predicted octanol–water partition coefficient (Wildman–Crippen LogP) is 3.84. The lowest BCUT2D eigenvalue weighted by atomic mass is 9.98. The second-order valence-corrected chi connectivity index (χ2v) is 17.5. The highest BCUT2D eigenvalue weighted by molar-refractivity contribution is 6.25. The van der Waals surface area contributed by atoms with Crippen molar-refractivity contribution in [1.82, 2.24) is 45.1 Å². The number of nitrogens with one attached hydrogen (secondary N) is 3. The molecule has 0 bridgehead atoms. The maximum Gasteiger partial charge on any atom is 0.264 e. The molecule has 0 spiro atoms. The highest BCUT2D eigenvalue weighted by atomic mass is 16.5. The predicted molar refractivity (Wildman–Crippen MR) is 252 cm³/mol. The number of imide groups is 2. The summed E-state index contributed by atoms with van der Waals surface area (Å²) in [7, 11) is 1.87. The molecule has 6 amide bonds. The third-order valence-corrected chi connectivity index (χ3v) is 12.5. The van der Waals surface area contributed by atoms with Crippen LogP contribution in [-0.2, 0) is 23.9 Å². The average molecular weight is 937 g/mol. The molecule has 3 aliphatic rings. The zero-order valence-electron chi connectivity index (χ0n) is 38.4. The number of ether oxygens (including phenoxy) is 2. The molecule has 2 aromatic heterocycles. The zero-order chi connectivity index (χ0) is 48.8. The monoisotopic (exact) mass is 936 g/mol. The smallest absolute Gasteiger partial charge is 0.264 e. The van der Waals surface area contributed by atoms with Crippen LogP contribution in [0.25, 0.3) is 22.3 Å². The van der Waals surface area contributed by atoms with Crippen molar-refractivity contribution < 1.29 is 38.2 Å². The minimum Gasteiger partial charge on any atom is -0.457 e. The Labute approximate surface area is 397 Å². The molecule has 8 rings (SSSR count). The van der Waals surface area contributed by atoms with Gasteiger partial charge >= 0.3 is 0 Å². The molecule has 0 radical (unpaired) electrons. The zero-order valence-corrected chi connectivity index (χ0v) is 38.4. The highest BCUT2D eigenvalue weighted by Crippen LogP contribution is 2.36. The Morgan fingerprint density at radius 3 is 2.51 bits per heavy atom. The number of para-hydroxylation sites is 1. The summed E-state index contributed by atoms with van der Waals surface area (Å²) in [5, 5.41) is 23.7. The van der Waals surface area contributed by atoms with Crippen LogP contribution in [0.1, 0.15) is 66.3 Å². The molecule has 20 nitrogen and oxygen atoms in total. The number of anilines is 2. The number of nitrogen functional groups attached to an aromatic ring is 1. The average Bonchev–Trinajstić information content (AvgIpc) is 3.86. The van der Waals surface area contributed by atoms with Crippen molar-refractivity contribution in [2.75, 3.05) is 64.0 Å². The number of piperidine rings is 2. The first-order valence-corrected chi connectivity index (χ1v) is 22.6. The Morgan fingerprint density at radius 2 is 1.75 bits per heavy atom. The lowest BCUT2D eigenvalue weighted by molar-refractivity contribution is -0.136. The number of rotatable bonds is 17. The quantitative estimate of drug-likeness (QED) is 0.0447.